The van der Waals surface area contributed by atoms with Gasteiger partial charge in [-0.2, -0.15) is 5.10 Å². The first-order valence-corrected chi connectivity index (χ1v) is 8.18. The molecule has 118 valence electrons. The van der Waals surface area contributed by atoms with Crippen molar-refractivity contribution in [3.05, 3.63) is 59.3 Å². The molecule has 2 N–H and O–H groups in total. The fraction of sp³-hybridized carbons (Fsp3) is 0.316. The summed E-state index contributed by atoms with van der Waals surface area (Å²) >= 11 is 0. The summed E-state index contributed by atoms with van der Waals surface area (Å²) in [5.74, 6) is 1.02. The highest BCUT2D eigenvalue weighted by Gasteiger charge is 2.19. The number of aryl methyl sites for hydroxylation is 1. The Morgan fingerprint density at radius 3 is 3.17 bits per heavy atom. The maximum atomic E-state index is 5.88. The summed E-state index contributed by atoms with van der Waals surface area (Å²) in [6, 6.07) is 13.2. The molecule has 1 aliphatic rings. The molecule has 23 heavy (non-hydrogen) atoms. The Bertz CT molecular complexity index is 824. The molecule has 0 radical (unpaired) electrons. The summed E-state index contributed by atoms with van der Waals surface area (Å²) in [6.45, 7) is 3.77. The van der Waals surface area contributed by atoms with Gasteiger partial charge in [-0.05, 0) is 37.5 Å². The molecule has 0 bridgehead atoms. The average molecular weight is 307 g/mol. The van der Waals surface area contributed by atoms with E-state index in [0.29, 0.717) is 6.04 Å². The third-order valence-electron chi connectivity index (χ3n) is 4.49. The van der Waals surface area contributed by atoms with Crippen molar-refractivity contribution in [1.82, 2.24) is 15.5 Å². The van der Waals surface area contributed by atoms with Crippen molar-refractivity contribution in [2.45, 2.75) is 32.4 Å². The molecule has 1 atom stereocenters. The minimum atomic E-state index is 0.338. The van der Waals surface area contributed by atoms with Crippen molar-refractivity contribution in [2.75, 3.05) is 6.61 Å². The van der Waals surface area contributed by atoms with Crippen LogP contribution in [0.4, 0.5) is 0 Å². The van der Waals surface area contributed by atoms with Crippen LogP contribution < -0.4 is 10.1 Å². The summed E-state index contributed by atoms with van der Waals surface area (Å²) in [5, 5.41) is 12.0. The lowest BCUT2D eigenvalue weighted by Crippen LogP contribution is -2.20. The maximum Gasteiger partial charge on any atom is 0.124 e. The van der Waals surface area contributed by atoms with E-state index in [9.17, 15) is 0 Å². The SMILES string of the molecule is Cc1ccc2c(c1)C(NCc1ccc3cn[nH]c3c1)CCCO2. The van der Waals surface area contributed by atoms with E-state index < -0.39 is 0 Å². The van der Waals surface area contributed by atoms with E-state index in [0.717, 1.165) is 42.6 Å². The molecule has 0 aliphatic carbocycles. The molecule has 0 fully saturated rings. The molecule has 0 amide bonds. The van der Waals surface area contributed by atoms with Gasteiger partial charge in [0.15, 0.2) is 0 Å². The second-order valence-corrected chi connectivity index (χ2v) is 6.26. The molecule has 2 aromatic carbocycles. The summed E-state index contributed by atoms with van der Waals surface area (Å²) in [7, 11) is 0. The fourth-order valence-corrected chi connectivity index (χ4v) is 3.24. The van der Waals surface area contributed by atoms with Crippen LogP contribution in [0.25, 0.3) is 10.9 Å². The van der Waals surface area contributed by atoms with Crippen molar-refractivity contribution in [3.63, 3.8) is 0 Å². The van der Waals surface area contributed by atoms with Gasteiger partial charge >= 0.3 is 0 Å². The van der Waals surface area contributed by atoms with E-state index in [1.54, 1.807) is 0 Å². The normalized spacial score (nSPS) is 17.5. The van der Waals surface area contributed by atoms with Gasteiger partial charge in [0.2, 0.25) is 0 Å². The standard InChI is InChI=1S/C19H21N3O/c1-13-4-7-19-16(9-13)17(3-2-8-23-19)20-11-14-5-6-15-12-21-22-18(15)10-14/h4-7,9-10,12,17,20H,2-3,8,11H2,1H3,(H,21,22). The van der Waals surface area contributed by atoms with Gasteiger partial charge in [0.1, 0.15) is 5.75 Å². The predicted octanol–water partition coefficient (Wildman–Crippen LogP) is 3.87. The Balaban J connectivity index is 1.55. The lowest BCUT2D eigenvalue weighted by molar-refractivity contribution is 0.315. The quantitative estimate of drug-likeness (QED) is 0.772. The van der Waals surface area contributed by atoms with Gasteiger partial charge in [-0.1, -0.05) is 29.8 Å². The molecular weight excluding hydrogens is 286 g/mol. The number of ether oxygens (including phenoxy) is 1. The zero-order valence-electron chi connectivity index (χ0n) is 13.3. The van der Waals surface area contributed by atoms with E-state index >= 15 is 0 Å². The number of H-pyrrole nitrogens is 1. The highest BCUT2D eigenvalue weighted by molar-refractivity contribution is 5.78. The summed E-state index contributed by atoms with van der Waals surface area (Å²) < 4.78 is 5.88. The number of aromatic nitrogens is 2. The van der Waals surface area contributed by atoms with Gasteiger partial charge < -0.3 is 10.1 Å². The molecule has 0 spiro atoms. The van der Waals surface area contributed by atoms with Crippen molar-refractivity contribution < 1.29 is 4.74 Å². The summed E-state index contributed by atoms with van der Waals surface area (Å²) in [4.78, 5) is 0. The lowest BCUT2D eigenvalue weighted by atomic mass is 9.99. The second-order valence-electron chi connectivity index (χ2n) is 6.26. The molecule has 1 aliphatic heterocycles. The number of nitrogens with zero attached hydrogens (tertiary/aromatic N) is 1. The van der Waals surface area contributed by atoms with Crippen molar-refractivity contribution in [3.8, 4) is 5.75 Å². The Labute approximate surface area is 135 Å². The number of hydrogen-bond acceptors (Lipinski definition) is 3. The third-order valence-corrected chi connectivity index (χ3v) is 4.49. The highest BCUT2D eigenvalue weighted by Crippen LogP contribution is 2.32. The smallest absolute Gasteiger partial charge is 0.124 e. The number of nitrogens with one attached hydrogen (secondary N) is 2. The molecule has 1 aromatic heterocycles. The largest absolute Gasteiger partial charge is 0.493 e. The van der Waals surface area contributed by atoms with E-state index in [1.165, 1.54) is 16.7 Å². The number of aromatic amines is 1. The average Bonchev–Trinajstić information content (AvgIpc) is 2.94. The van der Waals surface area contributed by atoms with E-state index in [2.05, 4.69) is 58.8 Å². The molecule has 4 heteroatoms. The van der Waals surface area contributed by atoms with Crippen LogP contribution in [0, 0.1) is 6.92 Å². The highest BCUT2D eigenvalue weighted by atomic mass is 16.5. The zero-order chi connectivity index (χ0) is 15.6. The second kappa shape index (κ2) is 6.05. The van der Waals surface area contributed by atoms with Crippen LogP contribution in [0.3, 0.4) is 0 Å². The molecule has 4 rings (SSSR count). The Hall–Kier alpha value is -2.33. The van der Waals surface area contributed by atoms with Gasteiger partial charge in [0.25, 0.3) is 0 Å². The predicted molar refractivity (Wildman–Crippen MR) is 91.6 cm³/mol. The lowest BCUT2D eigenvalue weighted by Gasteiger charge is -2.19. The topological polar surface area (TPSA) is 49.9 Å². The number of fused-ring (bicyclic) bond motifs is 2. The van der Waals surface area contributed by atoms with E-state index in [1.807, 2.05) is 6.20 Å². The number of rotatable bonds is 3. The number of hydrogen-bond donors (Lipinski definition) is 2. The first-order chi connectivity index (χ1) is 11.3. The maximum absolute atomic E-state index is 5.88. The molecular formula is C19H21N3O. The summed E-state index contributed by atoms with van der Waals surface area (Å²) in [5.41, 5.74) is 4.91. The third kappa shape index (κ3) is 2.94. The van der Waals surface area contributed by atoms with Crippen LogP contribution in [0.2, 0.25) is 0 Å². The van der Waals surface area contributed by atoms with Crippen LogP contribution in [0.1, 0.15) is 35.6 Å². The van der Waals surface area contributed by atoms with Crippen LogP contribution in [-0.4, -0.2) is 16.8 Å². The van der Waals surface area contributed by atoms with Crippen LogP contribution in [0.15, 0.2) is 42.6 Å². The number of benzene rings is 2. The molecule has 3 aromatic rings. The van der Waals surface area contributed by atoms with Crippen LogP contribution in [-0.2, 0) is 6.54 Å². The zero-order valence-corrected chi connectivity index (χ0v) is 13.3. The van der Waals surface area contributed by atoms with E-state index in [-0.39, 0.29) is 0 Å². The molecule has 0 saturated heterocycles. The Morgan fingerprint density at radius 2 is 2.22 bits per heavy atom. The minimum absolute atomic E-state index is 0.338. The first kappa shape index (κ1) is 14.3. The van der Waals surface area contributed by atoms with E-state index in [4.69, 9.17) is 4.74 Å². The van der Waals surface area contributed by atoms with Crippen molar-refractivity contribution >= 4 is 10.9 Å². The van der Waals surface area contributed by atoms with Gasteiger partial charge in [0.05, 0.1) is 18.3 Å². The van der Waals surface area contributed by atoms with Crippen molar-refractivity contribution in [2.24, 2.45) is 0 Å². The summed E-state index contributed by atoms with van der Waals surface area (Å²) in [6.07, 6.45) is 4.03. The van der Waals surface area contributed by atoms with Gasteiger partial charge in [0, 0.05) is 23.5 Å². The Morgan fingerprint density at radius 1 is 1.26 bits per heavy atom. The minimum Gasteiger partial charge on any atom is -0.493 e. The molecule has 4 nitrogen and oxygen atoms in total. The Kier molecular flexibility index (Phi) is 3.75. The van der Waals surface area contributed by atoms with Gasteiger partial charge in [-0.15, -0.1) is 0 Å². The van der Waals surface area contributed by atoms with Gasteiger partial charge in [-0.3, -0.25) is 5.10 Å². The van der Waals surface area contributed by atoms with Crippen LogP contribution >= 0.6 is 0 Å². The molecule has 0 saturated carbocycles. The fourth-order valence-electron chi connectivity index (χ4n) is 3.24. The monoisotopic (exact) mass is 307 g/mol. The molecule has 2 heterocycles. The first-order valence-electron chi connectivity index (χ1n) is 8.18. The molecule has 1 unspecified atom stereocenters. The van der Waals surface area contributed by atoms with Crippen molar-refractivity contribution in [1.29, 1.82) is 0 Å². The van der Waals surface area contributed by atoms with Crippen LogP contribution in [0.5, 0.6) is 5.75 Å². The van der Waals surface area contributed by atoms with Gasteiger partial charge in [-0.25, -0.2) is 0 Å².